The predicted octanol–water partition coefficient (Wildman–Crippen LogP) is 1.19. The van der Waals surface area contributed by atoms with Crippen molar-refractivity contribution in [2.24, 2.45) is 0 Å². The van der Waals surface area contributed by atoms with Crippen molar-refractivity contribution in [3.63, 3.8) is 0 Å². The molecule has 2 rings (SSSR count). The van der Waals surface area contributed by atoms with E-state index in [4.69, 9.17) is 5.73 Å². The first-order chi connectivity index (χ1) is 6.91. The molecule has 2 aromatic rings. The number of fused-ring (bicyclic) bond motifs is 1. The number of thiazole rings is 1. The maximum atomic E-state index is 12.1. The minimum absolute atomic E-state index is 0.118. The fourth-order valence-electron chi connectivity index (χ4n) is 1.48. The first kappa shape index (κ1) is 10.1. The highest BCUT2D eigenvalue weighted by Gasteiger charge is 2.20. The molecule has 2 heterocycles. The molecule has 2 aromatic heterocycles. The SMILES string of the molecule is CC(C)(C)n1c(N)nc2ncsc2c1=O. The predicted molar refractivity (Wildman–Crippen MR) is 61.1 cm³/mol. The van der Waals surface area contributed by atoms with Crippen LogP contribution in [0.2, 0.25) is 0 Å². The molecule has 15 heavy (non-hydrogen) atoms. The van der Waals surface area contributed by atoms with Gasteiger partial charge in [-0.2, -0.15) is 4.98 Å². The maximum Gasteiger partial charge on any atom is 0.275 e. The summed E-state index contributed by atoms with van der Waals surface area (Å²) in [5.41, 5.74) is 7.30. The Balaban J connectivity index is 2.91. The number of anilines is 1. The molecule has 0 aromatic carbocycles. The largest absolute Gasteiger partial charge is 0.369 e. The maximum absolute atomic E-state index is 12.1. The zero-order valence-corrected chi connectivity index (χ0v) is 9.63. The number of hydrogen-bond donors (Lipinski definition) is 1. The molecule has 0 unspecified atom stereocenters. The fourth-order valence-corrected chi connectivity index (χ4v) is 2.13. The average molecular weight is 224 g/mol. The third-order valence-corrected chi connectivity index (χ3v) is 2.87. The highest BCUT2D eigenvalue weighted by Crippen LogP contribution is 2.18. The van der Waals surface area contributed by atoms with Crippen LogP contribution in [0.15, 0.2) is 10.3 Å². The Kier molecular flexibility index (Phi) is 2.04. The van der Waals surface area contributed by atoms with Crippen molar-refractivity contribution < 1.29 is 0 Å². The summed E-state index contributed by atoms with van der Waals surface area (Å²) in [5, 5.41) is 0. The van der Waals surface area contributed by atoms with E-state index in [0.717, 1.165) is 0 Å². The van der Waals surface area contributed by atoms with Crippen LogP contribution < -0.4 is 11.3 Å². The number of nitrogens with zero attached hydrogens (tertiary/aromatic N) is 3. The quantitative estimate of drug-likeness (QED) is 0.729. The van der Waals surface area contributed by atoms with Gasteiger partial charge in [0.25, 0.3) is 5.56 Å². The lowest BCUT2D eigenvalue weighted by Gasteiger charge is -2.23. The summed E-state index contributed by atoms with van der Waals surface area (Å²) in [5.74, 6) is 0.214. The minimum atomic E-state index is -0.369. The Bertz CT molecular complexity index is 563. The Hall–Kier alpha value is -1.43. The molecule has 5 nitrogen and oxygen atoms in total. The number of aromatic nitrogens is 3. The van der Waals surface area contributed by atoms with Gasteiger partial charge in [0.1, 0.15) is 4.70 Å². The number of rotatable bonds is 0. The second kappa shape index (κ2) is 3.03. The van der Waals surface area contributed by atoms with E-state index in [2.05, 4.69) is 9.97 Å². The average Bonchev–Trinajstić information content (AvgIpc) is 2.48. The van der Waals surface area contributed by atoms with Gasteiger partial charge in [-0.15, -0.1) is 11.3 Å². The van der Waals surface area contributed by atoms with E-state index in [9.17, 15) is 4.79 Å². The third kappa shape index (κ3) is 1.50. The van der Waals surface area contributed by atoms with E-state index < -0.39 is 0 Å². The first-order valence-electron chi connectivity index (χ1n) is 4.53. The molecule has 0 amide bonds. The molecule has 0 spiro atoms. The van der Waals surface area contributed by atoms with Crippen molar-refractivity contribution in [3.8, 4) is 0 Å². The lowest BCUT2D eigenvalue weighted by molar-refractivity contribution is 0.389. The van der Waals surface area contributed by atoms with Crippen LogP contribution >= 0.6 is 11.3 Å². The van der Waals surface area contributed by atoms with Crippen molar-refractivity contribution in [2.45, 2.75) is 26.3 Å². The van der Waals surface area contributed by atoms with E-state index in [1.54, 1.807) is 5.51 Å². The van der Waals surface area contributed by atoms with Gasteiger partial charge in [0, 0.05) is 5.54 Å². The van der Waals surface area contributed by atoms with Gasteiger partial charge in [0.05, 0.1) is 5.51 Å². The van der Waals surface area contributed by atoms with Gasteiger partial charge < -0.3 is 5.73 Å². The molecular formula is C9H12N4OS. The summed E-state index contributed by atoms with van der Waals surface area (Å²) in [7, 11) is 0. The topological polar surface area (TPSA) is 73.8 Å². The van der Waals surface area contributed by atoms with Gasteiger partial charge in [0.2, 0.25) is 5.95 Å². The normalized spacial score (nSPS) is 12.2. The molecule has 0 bridgehead atoms. The van der Waals surface area contributed by atoms with Crippen molar-refractivity contribution in [2.75, 3.05) is 5.73 Å². The summed E-state index contributed by atoms with van der Waals surface area (Å²) < 4.78 is 2.05. The molecule has 80 valence electrons. The summed E-state index contributed by atoms with van der Waals surface area (Å²) in [6.45, 7) is 5.75. The fraction of sp³-hybridized carbons (Fsp3) is 0.444. The highest BCUT2D eigenvalue weighted by molar-refractivity contribution is 7.16. The lowest BCUT2D eigenvalue weighted by Crippen LogP contribution is -2.36. The van der Waals surface area contributed by atoms with Crippen molar-refractivity contribution >= 4 is 27.6 Å². The first-order valence-corrected chi connectivity index (χ1v) is 5.41. The van der Waals surface area contributed by atoms with E-state index in [-0.39, 0.29) is 17.0 Å². The van der Waals surface area contributed by atoms with Crippen LogP contribution in [0.3, 0.4) is 0 Å². The molecule has 0 aliphatic carbocycles. The Morgan fingerprint density at radius 2 is 2.13 bits per heavy atom. The van der Waals surface area contributed by atoms with Crippen LogP contribution in [-0.2, 0) is 5.54 Å². The molecule has 2 N–H and O–H groups in total. The molecule has 0 atom stereocenters. The zero-order valence-electron chi connectivity index (χ0n) is 8.81. The monoisotopic (exact) mass is 224 g/mol. The van der Waals surface area contributed by atoms with E-state index in [1.807, 2.05) is 20.8 Å². The molecule has 0 saturated heterocycles. The van der Waals surface area contributed by atoms with Crippen LogP contribution in [0.5, 0.6) is 0 Å². The number of hydrogen-bond acceptors (Lipinski definition) is 5. The van der Waals surface area contributed by atoms with Gasteiger partial charge in [-0.1, -0.05) is 0 Å². The van der Waals surface area contributed by atoms with Crippen molar-refractivity contribution in [1.82, 2.24) is 14.5 Å². The highest BCUT2D eigenvalue weighted by atomic mass is 32.1. The van der Waals surface area contributed by atoms with Crippen LogP contribution in [0.4, 0.5) is 5.95 Å². The Morgan fingerprint density at radius 3 is 2.73 bits per heavy atom. The lowest BCUT2D eigenvalue weighted by atomic mass is 10.1. The minimum Gasteiger partial charge on any atom is -0.369 e. The van der Waals surface area contributed by atoms with Crippen molar-refractivity contribution in [3.05, 3.63) is 15.9 Å². The Morgan fingerprint density at radius 1 is 1.47 bits per heavy atom. The van der Waals surface area contributed by atoms with Crippen LogP contribution in [0.1, 0.15) is 20.8 Å². The van der Waals surface area contributed by atoms with Gasteiger partial charge in [-0.3, -0.25) is 9.36 Å². The van der Waals surface area contributed by atoms with Gasteiger partial charge >= 0.3 is 0 Å². The summed E-state index contributed by atoms with van der Waals surface area (Å²) in [6, 6.07) is 0. The van der Waals surface area contributed by atoms with Gasteiger partial charge in [0.15, 0.2) is 5.65 Å². The molecule has 6 heteroatoms. The second-order valence-corrected chi connectivity index (χ2v) is 5.14. The van der Waals surface area contributed by atoms with Crippen molar-refractivity contribution in [1.29, 1.82) is 0 Å². The van der Waals surface area contributed by atoms with Crippen LogP contribution in [0.25, 0.3) is 10.3 Å². The zero-order chi connectivity index (χ0) is 11.2. The third-order valence-electron chi connectivity index (χ3n) is 2.07. The molecule has 0 saturated carbocycles. The standard InChI is InChI=1S/C9H12N4OS/c1-9(2,3)13-7(14)5-6(11-4-15-5)12-8(13)10/h4H,1-3H3,(H2,10,12). The molecule has 0 radical (unpaired) electrons. The number of nitrogen functional groups attached to an aromatic ring is 1. The second-order valence-electron chi connectivity index (χ2n) is 4.29. The molecular weight excluding hydrogens is 212 g/mol. The van der Waals surface area contributed by atoms with Crippen LogP contribution in [0, 0.1) is 0 Å². The van der Waals surface area contributed by atoms with Crippen LogP contribution in [-0.4, -0.2) is 14.5 Å². The number of nitrogens with two attached hydrogens (primary N) is 1. The van der Waals surface area contributed by atoms with Gasteiger partial charge in [-0.05, 0) is 20.8 Å². The molecule has 0 fully saturated rings. The van der Waals surface area contributed by atoms with E-state index >= 15 is 0 Å². The van der Waals surface area contributed by atoms with Gasteiger partial charge in [-0.25, -0.2) is 4.98 Å². The van der Waals surface area contributed by atoms with E-state index in [1.165, 1.54) is 15.9 Å². The summed E-state index contributed by atoms with van der Waals surface area (Å²) in [6.07, 6.45) is 0. The summed E-state index contributed by atoms with van der Waals surface area (Å²) >= 11 is 1.29. The summed E-state index contributed by atoms with van der Waals surface area (Å²) in [4.78, 5) is 20.2. The van der Waals surface area contributed by atoms with E-state index in [0.29, 0.717) is 10.3 Å². The molecule has 0 aliphatic rings. The Labute approximate surface area is 90.6 Å². The smallest absolute Gasteiger partial charge is 0.275 e. The molecule has 0 aliphatic heterocycles.